The number of likely N-dealkylation sites (tertiary alicyclic amines) is 2. The van der Waals surface area contributed by atoms with Gasteiger partial charge in [0.2, 0.25) is 11.8 Å². The molecule has 2 aliphatic rings. The summed E-state index contributed by atoms with van der Waals surface area (Å²) in [6.45, 7) is 3.41. The third-order valence-electron chi connectivity index (χ3n) is 3.85. The summed E-state index contributed by atoms with van der Waals surface area (Å²) in [6, 6.07) is -0.793. The summed E-state index contributed by atoms with van der Waals surface area (Å²) >= 11 is 0. The van der Waals surface area contributed by atoms with Crippen LogP contribution in [0.3, 0.4) is 0 Å². The molecule has 0 aromatic heterocycles. The molecule has 2 saturated heterocycles. The summed E-state index contributed by atoms with van der Waals surface area (Å²) in [7, 11) is 1.48. The zero-order valence-corrected chi connectivity index (χ0v) is 11.5. The molecule has 6 nitrogen and oxygen atoms in total. The Labute approximate surface area is 113 Å². The normalized spacial score (nSPS) is 28.4. The van der Waals surface area contributed by atoms with Crippen molar-refractivity contribution in [1.82, 2.24) is 15.1 Å². The van der Waals surface area contributed by atoms with Crippen molar-refractivity contribution >= 4 is 17.7 Å². The van der Waals surface area contributed by atoms with Crippen LogP contribution >= 0.6 is 0 Å². The number of carbonyl (C=O) groups excluding carboxylic acids is 3. The first-order valence-electron chi connectivity index (χ1n) is 6.90. The van der Waals surface area contributed by atoms with E-state index in [9.17, 15) is 14.4 Å². The fourth-order valence-corrected chi connectivity index (χ4v) is 2.70. The molecule has 0 aromatic rings. The van der Waals surface area contributed by atoms with E-state index >= 15 is 0 Å². The predicted octanol–water partition coefficient (Wildman–Crippen LogP) is -0.266. The smallest absolute Gasteiger partial charge is 0.252 e. The Morgan fingerprint density at radius 1 is 1.26 bits per heavy atom. The topological polar surface area (TPSA) is 69.7 Å². The molecule has 2 atom stereocenters. The van der Waals surface area contributed by atoms with Crippen LogP contribution in [0.25, 0.3) is 0 Å². The molecule has 0 aliphatic carbocycles. The van der Waals surface area contributed by atoms with Gasteiger partial charge in [0.25, 0.3) is 5.91 Å². The molecular weight excluding hydrogens is 246 g/mol. The number of amides is 3. The first-order valence-corrected chi connectivity index (χ1v) is 6.90. The zero-order chi connectivity index (χ0) is 14.0. The summed E-state index contributed by atoms with van der Waals surface area (Å²) in [4.78, 5) is 38.6. The third-order valence-corrected chi connectivity index (χ3v) is 3.85. The Morgan fingerprint density at radius 3 is 2.58 bits per heavy atom. The van der Waals surface area contributed by atoms with E-state index in [2.05, 4.69) is 5.32 Å². The van der Waals surface area contributed by atoms with Crippen LogP contribution < -0.4 is 5.32 Å². The zero-order valence-electron chi connectivity index (χ0n) is 11.5. The lowest BCUT2D eigenvalue weighted by atomic mass is 10.0. The fourth-order valence-electron chi connectivity index (χ4n) is 2.70. The van der Waals surface area contributed by atoms with Gasteiger partial charge in [0, 0.05) is 13.6 Å². The molecule has 2 unspecified atom stereocenters. The van der Waals surface area contributed by atoms with Crippen molar-refractivity contribution in [1.29, 1.82) is 0 Å². The Balaban J connectivity index is 2.06. The third kappa shape index (κ3) is 2.63. The van der Waals surface area contributed by atoms with E-state index in [1.54, 1.807) is 4.90 Å². The maximum absolute atomic E-state index is 12.4. The number of piperidine rings is 1. The van der Waals surface area contributed by atoms with Crippen LogP contribution in [0.4, 0.5) is 0 Å². The summed E-state index contributed by atoms with van der Waals surface area (Å²) in [6.07, 6.45) is 2.77. The lowest BCUT2D eigenvalue weighted by Crippen LogP contribution is -2.55. The average Bonchev–Trinajstić information content (AvgIpc) is 2.65. The highest BCUT2D eigenvalue weighted by atomic mass is 16.2. The van der Waals surface area contributed by atoms with E-state index in [-0.39, 0.29) is 30.2 Å². The van der Waals surface area contributed by atoms with Gasteiger partial charge in [0.05, 0.1) is 12.5 Å². The van der Waals surface area contributed by atoms with Crippen molar-refractivity contribution in [2.75, 3.05) is 20.1 Å². The molecule has 19 heavy (non-hydrogen) atoms. The van der Waals surface area contributed by atoms with Crippen LogP contribution in [0.2, 0.25) is 0 Å². The van der Waals surface area contributed by atoms with Gasteiger partial charge in [-0.15, -0.1) is 0 Å². The van der Waals surface area contributed by atoms with Crippen molar-refractivity contribution in [3.05, 3.63) is 0 Å². The molecule has 1 N–H and O–H groups in total. The maximum atomic E-state index is 12.4. The predicted molar refractivity (Wildman–Crippen MR) is 69.2 cm³/mol. The average molecular weight is 267 g/mol. The first kappa shape index (κ1) is 14.0. The van der Waals surface area contributed by atoms with Gasteiger partial charge in [-0.1, -0.05) is 6.92 Å². The van der Waals surface area contributed by atoms with Crippen molar-refractivity contribution in [3.63, 3.8) is 0 Å². The Kier molecular flexibility index (Phi) is 4.19. The van der Waals surface area contributed by atoms with Gasteiger partial charge in [-0.3, -0.25) is 19.3 Å². The van der Waals surface area contributed by atoms with Gasteiger partial charge in [-0.2, -0.15) is 0 Å². The Morgan fingerprint density at radius 2 is 2.00 bits per heavy atom. The molecule has 3 amide bonds. The van der Waals surface area contributed by atoms with Crippen molar-refractivity contribution < 1.29 is 14.4 Å². The summed E-state index contributed by atoms with van der Waals surface area (Å²) < 4.78 is 0. The van der Waals surface area contributed by atoms with Crippen LogP contribution in [0, 0.1) is 0 Å². The van der Waals surface area contributed by atoms with Gasteiger partial charge in [0.1, 0.15) is 6.04 Å². The molecule has 0 radical (unpaired) electrons. The number of rotatable bonds is 4. The standard InChI is InChI=1S/C13H21N3O3/c1-3-6-14-9-5-4-7-16(12(9)18)10-8-11(17)15(2)13(10)19/h9-10,14H,3-8H2,1-2H3. The molecule has 0 bridgehead atoms. The molecule has 2 fully saturated rings. The number of nitrogens with one attached hydrogen (secondary N) is 1. The van der Waals surface area contributed by atoms with Crippen LogP contribution in [-0.4, -0.2) is 59.7 Å². The molecule has 6 heteroatoms. The second-order valence-corrected chi connectivity index (χ2v) is 5.19. The molecule has 2 rings (SSSR count). The minimum Gasteiger partial charge on any atom is -0.329 e. The van der Waals surface area contributed by atoms with E-state index < -0.39 is 6.04 Å². The Bertz CT molecular complexity index is 397. The van der Waals surface area contributed by atoms with Gasteiger partial charge in [-0.05, 0) is 25.8 Å². The summed E-state index contributed by atoms with van der Waals surface area (Å²) in [5, 5.41) is 3.21. The highest BCUT2D eigenvalue weighted by Gasteiger charge is 2.44. The Hall–Kier alpha value is -1.43. The number of imide groups is 1. The van der Waals surface area contributed by atoms with E-state index in [1.807, 2.05) is 6.92 Å². The molecule has 2 aliphatic heterocycles. The maximum Gasteiger partial charge on any atom is 0.252 e. The number of likely N-dealkylation sites (N-methyl/N-ethyl adjacent to an activating group) is 1. The molecular formula is C13H21N3O3. The van der Waals surface area contributed by atoms with Crippen molar-refractivity contribution in [2.45, 2.75) is 44.7 Å². The van der Waals surface area contributed by atoms with Crippen molar-refractivity contribution in [3.8, 4) is 0 Å². The minimum atomic E-state index is -0.587. The van der Waals surface area contributed by atoms with Crippen LogP contribution in [0.1, 0.15) is 32.6 Å². The lowest BCUT2D eigenvalue weighted by Gasteiger charge is -2.35. The van der Waals surface area contributed by atoms with Crippen LogP contribution in [0.15, 0.2) is 0 Å². The molecule has 2 heterocycles. The quantitative estimate of drug-likeness (QED) is 0.712. The lowest BCUT2D eigenvalue weighted by molar-refractivity contribution is -0.145. The largest absolute Gasteiger partial charge is 0.329 e. The number of hydrogen-bond donors (Lipinski definition) is 1. The van der Waals surface area contributed by atoms with Gasteiger partial charge >= 0.3 is 0 Å². The fraction of sp³-hybridized carbons (Fsp3) is 0.769. The van der Waals surface area contributed by atoms with Crippen LogP contribution in [0.5, 0.6) is 0 Å². The number of nitrogens with zero attached hydrogens (tertiary/aromatic N) is 2. The first-order chi connectivity index (χ1) is 9.06. The van der Waals surface area contributed by atoms with E-state index in [4.69, 9.17) is 0 Å². The number of hydrogen-bond acceptors (Lipinski definition) is 4. The van der Waals surface area contributed by atoms with Gasteiger partial charge < -0.3 is 10.2 Å². The van der Waals surface area contributed by atoms with Crippen molar-refractivity contribution in [2.24, 2.45) is 0 Å². The molecule has 106 valence electrons. The second-order valence-electron chi connectivity index (χ2n) is 5.19. The SMILES string of the molecule is CCCNC1CCCN(C2CC(=O)N(C)C2=O)C1=O. The van der Waals surface area contributed by atoms with Crippen LogP contribution in [-0.2, 0) is 14.4 Å². The van der Waals surface area contributed by atoms with Gasteiger partial charge in [0.15, 0.2) is 0 Å². The highest BCUT2D eigenvalue weighted by molar-refractivity contribution is 6.06. The number of carbonyl (C=O) groups is 3. The monoisotopic (exact) mass is 267 g/mol. The highest BCUT2D eigenvalue weighted by Crippen LogP contribution is 2.22. The van der Waals surface area contributed by atoms with E-state index in [0.29, 0.717) is 6.54 Å². The molecule has 0 aromatic carbocycles. The second kappa shape index (κ2) is 5.69. The summed E-state index contributed by atoms with van der Waals surface area (Å²) in [5.41, 5.74) is 0. The molecule has 0 spiro atoms. The van der Waals surface area contributed by atoms with Gasteiger partial charge in [-0.25, -0.2) is 0 Å². The van der Waals surface area contributed by atoms with E-state index in [1.165, 1.54) is 7.05 Å². The summed E-state index contributed by atoms with van der Waals surface area (Å²) in [5.74, 6) is -0.498. The molecule has 0 saturated carbocycles. The minimum absolute atomic E-state index is 0.0406. The van der Waals surface area contributed by atoms with E-state index in [0.717, 1.165) is 30.7 Å².